The molecule has 0 aromatic heterocycles. The molecule has 0 aliphatic heterocycles. The second-order valence-corrected chi connectivity index (χ2v) is 3.65. The van der Waals surface area contributed by atoms with Gasteiger partial charge in [0.25, 0.3) is 0 Å². The molecule has 0 bridgehead atoms. The molecule has 0 atom stereocenters. The molecule has 3 nitrogen and oxygen atoms in total. The molecule has 1 aromatic rings. The van der Waals surface area contributed by atoms with Gasteiger partial charge in [-0.25, -0.2) is 0 Å². The van der Waals surface area contributed by atoms with Crippen molar-refractivity contribution >= 4 is 17.5 Å². The molecule has 0 heterocycles. The first-order valence-electron chi connectivity index (χ1n) is 4.53. The van der Waals surface area contributed by atoms with Crippen molar-refractivity contribution < 1.29 is 4.79 Å². The fourth-order valence-corrected chi connectivity index (χ4v) is 1.26. The lowest BCUT2D eigenvalue weighted by Crippen LogP contribution is -2.27. The van der Waals surface area contributed by atoms with Gasteiger partial charge in [-0.1, -0.05) is 23.7 Å². The summed E-state index contributed by atoms with van der Waals surface area (Å²) in [6, 6.07) is 9.01. The van der Waals surface area contributed by atoms with Gasteiger partial charge in [0.15, 0.2) is 6.07 Å². The number of hydrogen-bond donors (Lipinski definition) is 0. The number of likely N-dealkylation sites (N-methyl/N-ethyl adjacent to an activating group) is 1. The summed E-state index contributed by atoms with van der Waals surface area (Å²) in [5, 5.41) is 9.07. The smallest absolute Gasteiger partial charge is 0.324 e. The van der Waals surface area contributed by atoms with Crippen LogP contribution in [0, 0.1) is 11.3 Å². The van der Waals surface area contributed by atoms with E-state index in [0.717, 1.165) is 12.0 Å². The van der Waals surface area contributed by atoms with Crippen molar-refractivity contribution in [1.29, 1.82) is 5.26 Å². The second-order valence-electron chi connectivity index (χ2n) is 3.21. The van der Waals surface area contributed by atoms with Gasteiger partial charge >= 0.3 is 5.91 Å². The van der Waals surface area contributed by atoms with Gasteiger partial charge in [0.1, 0.15) is 0 Å². The van der Waals surface area contributed by atoms with Crippen LogP contribution in [0.25, 0.3) is 0 Å². The highest BCUT2D eigenvalue weighted by Crippen LogP contribution is 2.10. The van der Waals surface area contributed by atoms with E-state index >= 15 is 0 Å². The Hall–Kier alpha value is -1.53. The first kappa shape index (κ1) is 11.5. The third-order valence-corrected chi connectivity index (χ3v) is 2.34. The van der Waals surface area contributed by atoms with Crippen molar-refractivity contribution in [2.45, 2.75) is 6.42 Å². The lowest BCUT2D eigenvalue weighted by molar-refractivity contribution is -0.124. The molecule has 1 aromatic carbocycles. The number of nitrogens with zero attached hydrogens (tertiary/aromatic N) is 2. The molecule has 78 valence electrons. The summed E-state index contributed by atoms with van der Waals surface area (Å²) < 4.78 is 0. The molecule has 4 heteroatoms. The maximum Gasteiger partial charge on any atom is 0.324 e. The normalized spacial score (nSPS) is 9.40. The molecule has 0 spiro atoms. The van der Waals surface area contributed by atoms with E-state index in [2.05, 4.69) is 0 Å². The highest BCUT2D eigenvalue weighted by molar-refractivity contribution is 6.30. The van der Waals surface area contributed by atoms with Crippen LogP contribution in [0.15, 0.2) is 24.3 Å². The number of rotatable bonds is 3. The molecule has 0 saturated heterocycles. The molecule has 15 heavy (non-hydrogen) atoms. The van der Waals surface area contributed by atoms with Crippen LogP contribution in [0.5, 0.6) is 0 Å². The highest BCUT2D eigenvalue weighted by Gasteiger charge is 2.06. The van der Waals surface area contributed by atoms with Crippen LogP contribution in [0.3, 0.4) is 0 Å². The van der Waals surface area contributed by atoms with E-state index in [0.29, 0.717) is 11.6 Å². The Kier molecular flexibility index (Phi) is 4.14. The molecular weight excluding hydrogens is 212 g/mol. The molecule has 0 unspecified atom stereocenters. The summed E-state index contributed by atoms with van der Waals surface area (Å²) in [5.41, 5.74) is 1.09. The van der Waals surface area contributed by atoms with Gasteiger partial charge in [-0.15, -0.1) is 0 Å². The quantitative estimate of drug-likeness (QED) is 0.733. The molecule has 0 radical (unpaired) electrons. The fraction of sp³-hybridized carbons (Fsp3) is 0.273. The summed E-state index contributed by atoms with van der Waals surface area (Å²) in [5.74, 6) is -0.510. The molecule has 0 aliphatic rings. The van der Waals surface area contributed by atoms with Crippen LogP contribution in [-0.2, 0) is 11.2 Å². The van der Waals surface area contributed by atoms with Gasteiger partial charge in [-0.2, -0.15) is 5.26 Å². The summed E-state index contributed by atoms with van der Waals surface area (Å²) in [4.78, 5) is 12.3. The molecule has 0 saturated carbocycles. The summed E-state index contributed by atoms with van der Waals surface area (Å²) in [6.45, 7) is 0.536. The molecule has 1 amide bonds. The van der Waals surface area contributed by atoms with Crippen LogP contribution in [0.4, 0.5) is 0 Å². The van der Waals surface area contributed by atoms with E-state index in [1.165, 1.54) is 4.90 Å². The average Bonchev–Trinajstić information content (AvgIpc) is 2.26. The molecule has 0 fully saturated rings. The van der Waals surface area contributed by atoms with Gasteiger partial charge < -0.3 is 4.90 Å². The number of amides is 1. The molecule has 0 aliphatic carbocycles. The minimum absolute atomic E-state index is 0.510. The van der Waals surface area contributed by atoms with Gasteiger partial charge in [-0.05, 0) is 24.1 Å². The molecule has 0 N–H and O–H groups in total. The second kappa shape index (κ2) is 5.38. The molecular formula is C11H11ClN2O. The van der Waals surface area contributed by atoms with Gasteiger partial charge in [0.2, 0.25) is 0 Å². The van der Waals surface area contributed by atoms with E-state index in [-0.39, 0.29) is 0 Å². The third-order valence-electron chi connectivity index (χ3n) is 2.09. The van der Waals surface area contributed by atoms with Crippen molar-refractivity contribution in [3.8, 4) is 6.07 Å². The van der Waals surface area contributed by atoms with Crippen LogP contribution in [-0.4, -0.2) is 24.4 Å². The average molecular weight is 223 g/mol. The Morgan fingerprint density at radius 2 is 2.07 bits per heavy atom. The number of hydrogen-bond acceptors (Lipinski definition) is 2. The van der Waals surface area contributed by atoms with Crippen LogP contribution >= 0.6 is 11.6 Å². The largest absolute Gasteiger partial charge is 0.333 e. The maximum atomic E-state index is 10.9. The summed E-state index contributed by atoms with van der Waals surface area (Å²) >= 11 is 5.74. The Morgan fingerprint density at radius 3 is 2.60 bits per heavy atom. The van der Waals surface area contributed by atoms with Crippen molar-refractivity contribution in [2.24, 2.45) is 0 Å². The number of carbonyl (C=O) groups excluding carboxylic acids is 1. The fourth-order valence-electron chi connectivity index (χ4n) is 1.13. The Balaban J connectivity index is 2.48. The standard InChI is InChI=1S/C11H11ClN2O/c1-14(11(15)8-13)7-6-9-2-4-10(12)5-3-9/h2-5H,6-7H2,1H3. The van der Waals surface area contributed by atoms with Crippen molar-refractivity contribution in [1.82, 2.24) is 4.90 Å². The first-order valence-corrected chi connectivity index (χ1v) is 4.91. The number of benzene rings is 1. The lowest BCUT2D eigenvalue weighted by Gasteiger charge is -2.12. The van der Waals surface area contributed by atoms with Crippen molar-refractivity contribution in [3.05, 3.63) is 34.9 Å². The number of halogens is 1. The molecule has 1 rings (SSSR count). The monoisotopic (exact) mass is 222 g/mol. The zero-order chi connectivity index (χ0) is 11.3. The van der Waals surface area contributed by atoms with Gasteiger partial charge in [-0.3, -0.25) is 4.79 Å². The van der Waals surface area contributed by atoms with Crippen LogP contribution < -0.4 is 0 Å². The number of carbonyl (C=O) groups is 1. The maximum absolute atomic E-state index is 10.9. The number of nitriles is 1. The zero-order valence-electron chi connectivity index (χ0n) is 8.40. The van der Waals surface area contributed by atoms with Crippen LogP contribution in [0.1, 0.15) is 5.56 Å². The van der Waals surface area contributed by atoms with Gasteiger partial charge in [0.05, 0.1) is 0 Å². The topological polar surface area (TPSA) is 44.1 Å². The van der Waals surface area contributed by atoms with Crippen molar-refractivity contribution in [3.63, 3.8) is 0 Å². The van der Waals surface area contributed by atoms with Gasteiger partial charge in [0, 0.05) is 18.6 Å². The Labute approximate surface area is 93.9 Å². The van der Waals surface area contributed by atoms with Crippen molar-refractivity contribution in [2.75, 3.05) is 13.6 Å². The lowest BCUT2D eigenvalue weighted by atomic mass is 10.1. The van der Waals surface area contributed by atoms with E-state index in [1.807, 2.05) is 24.3 Å². The van der Waals surface area contributed by atoms with Crippen LogP contribution in [0.2, 0.25) is 5.02 Å². The first-order chi connectivity index (χ1) is 7.13. The predicted molar refractivity (Wildman–Crippen MR) is 58.4 cm³/mol. The van der Waals surface area contributed by atoms with E-state index in [4.69, 9.17) is 16.9 Å². The Morgan fingerprint density at radius 1 is 1.47 bits per heavy atom. The van der Waals surface area contributed by atoms with E-state index in [9.17, 15) is 4.79 Å². The highest BCUT2D eigenvalue weighted by atomic mass is 35.5. The zero-order valence-corrected chi connectivity index (χ0v) is 9.16. The SMILES string of the molecule is CN(CCc1ccc(Cl)cc1)C(=O)C#N. The third kappa shape index (κ3) is 3.61. The minimum atomic E-state index is -0.510. The predicted octanol–water partition coefficient (Wildman–Crippen LogP) is 1.86. The minimum Gasteiger partial charge on any atom is -0.333 e. The summed E-state index contributed by atoms with van der Waals surface area (Å²) in [7, 11) is 1.61. The Bertz CT molecular complexity index is 381. The van der Waals surface area contributed by atoms with E-state index in [1.54, 1.807) is 13.1 Å². The van der Waals surface area contributed by atoms with E-state index < -0.39 is 5.91 Å². The summed E-state index contributed by atoms with van der Waals surface area (Å²) in [6.07, 6.45) is 0.723.